The smallest absolute Gasteiger partial charge is 0.428 e. The second-order valence-electron chi connectivity index (χ2n) is 3.38. The van der Waals surface area contributed by atoms with Crippen molar-refractivity contribution in [2.24, 2.45) is 0 Å². The zero-order valence-corrected chi connectivity index (χ0v) is 11.4. The number of rotatable bonds is 7. The van der Waals surface area contributed by atoms with Crippen LogP contribution in [0.15, 0.2) is 0 Å². The molecule has 1 atom stereocenters. The third-order valence-corrected chi connectivity index (χ3v) is 3.03. The van der Waals surface area contributed by atoms with Gasteiger partial charge < -0.3 is 9.29 Å². The maximum absolute atomic E-state index is 12.6. The Morgan fingerprint density at radius 1 is 1.47 bits per heavy atom. The molecule has 0 N–H and O–H groups in total. The van der Waals surface area contributed by atoms with E-state index in [0.29, 0.717) is 12.8 Å². The molecule has 0 spiro atoms. The molecule has 0 aromatic rings. The Morgan fingerprint density at radius 3 is 2.41 bits per heavy atom. The van der Waals surface area contributed by atoms with Crippen LogP contribution in [0.5, 0.6) is 0 Å². The fourth-order valence-corrected chi connectivity index (χ4v) is 1.47. The van der Waals surface area contributed by atoms with Crippen molar-refractivity contribution >= 4 is 32.0 Å². The molecule has 0 aliphatic rings. The minimum absolute atomic E-state index is 0.252. The molecule has 0 amide bonds. The predicted molar refractivity (Wildman–Crippen MR) is 57.8 cm³/mol. The molecule has 1 unspecified atom stereocenters. The molecular weight excluding hydrogens is 326 g/mol. The Balaban J connectivity index is 4.04. The van der Waals surface area contributed by atoms with E-state index in [4.69, 9.17) is 0 Å². The summed E-state index contributed by atoms with van der Waals surface area (Å²) in [6, 6.07) is 0. The molecule has 9 heteroatoms. The van der Waals surface area contributed by atoms with Gasteiger partial charge in [-0.25, -0.2) is 13.2 Å². The van der Waals surface area contributed by atoms with Gasteiger partial charge >= 0.3 is 11.2 Å². The largest absolute Gasteiger partial charge is 0.743 e. The minimum atomic E-state index is -6.02. The summed E-state index contributed by atoms with van der Waals surface area (Å²) in [7, 11) is -6.02. The van der Waals surface area contributed by atoms with E-state index in [-0.39, 0.29) is 11.4 Å². The third kappa shape index (κ3) is 5.73. The lowest BCUT2D eigenvalue weighted by Crippen LogP contribution is -2.39. The summed E-state index contributed by atoms with van der Waals surface area (Å²) in [6.45, 7) is 1.55. The normalized spacial score (nSPS) is 14.4. The summed E-state index contributed by atoms with van der Waals surface area (Å²) in [5.74, 6) is -2.32. The number of unbranched alkanes of at least 4 members (excludes halogenated alkanes) is 1. The van der Waals surface area contributed by atoms with Gasteiger partial charge in [0.15, 0.2) is 10.1 Å². The van der Waals surface area contributed by atoms with Crippen LogP contribution in [0.4, 0.5) is 8.78 Å². The van der Waals surface area contributed by atoms with Crippen LogP contribution in [0.1, 0.15) is 26.2 Å². The molecule has 0 saturated heterocycles. The van der Waals surface area contributed by atoms with Crippen LogP contribution >= 0.6 is 15.9 Å². The molecule has 0 fully saturated rings. The van der Waals surface area contributed by atoms with Gasteiger partial charge in [-0.05, 0) is 19.3 Å². The summed E-state index contributed by atoms with van der Waals surface area (Å²) in [5.41, 5.74) is 0. The lowest BCUT2D eigenvalue weighted by molar-refractivity contribution is -0.161. The van der Waals surface area contributed by atoms with E-state index in [9.17, 15) is 26.5 Å². The zero-order valence-electron chi connectivity index (χ0n) is 8.99. The van der Waals surface area contributed by atoms with Gasteiger partial charge in [-0.15, -0.1) is 0 Å². The van der Waals surface area contributed by atoms with Crippen LogP contribution in [-0.2, 0) is 19.6 Å². The highest BCUT2D eigenvalue weighted by atomic mass is 79.9. The Kier molecular flexibility index (Phi) is 6.49. The molecule has 17 heavy (non-hydrogen) atoms. The second kappa shape index (κ2) is 6.60. The first-order valence-electron chi connectivity index (χ1n) is 4.73. The van der Waals surface area contributed by atoms with Crippen LogP contribution in [0.2, 0.25) is 0 Å². The highest BCUT2D eigenvalue weighted by molar-refractivity contribution is 9.09. The first-order valence-corrected chi connectivity index (χ1v) is 7.06. The van der Waals surface area contributed by atoms with Gasteiger partial charge in [-0.1, -0.05) is 22.9 Å². The molecule has 0 saturated carbocycles. The average molecular weight is 338 g/mol. The van der Waals surface area contributed by atoms with Crippen molar-refractivity contribution in [2.45, 2.75) is 36.3 Å². The molecule has 0 aliphatic heterocycles. The van der Waals surface area contributed by atoms with Crippen LogP contribution < -0.4 is 0 Å². The van der Waals surface area contributed by atoms with Gasteiger partial charge in [0.1, 0.15) is 0 Å². The third-order valence-electron chi connectivity index (χ3n) is 1.78. The quantitative estimate of drug-likeness (QED) is 0.305. The summed E-state index contributed by atoms with van der Waals surface area (Å²) in [5, 5.41) is -5.02. The van der Waals surface area contributed by atoms with E-state index in [1.54, 1.807) is 0 Å². The minimum Gasteiger partial charge on any atom is -0.743 e. The number of alkyl halides is 3. The summed E-state index contributed by atoms with van der Waals surface area (Å²) >= 11 is 3.26. The fourth-order valence-electron chi connectivity index (χ4n) is 0.879. The maximum atomic E-state index is 12.6. The highest BCUT2D eigenvalue weighted by Crippen LogP contribution is 2.22. The van der Waals surface area contributed by atoms with Crippen molar-refractivity contribution in [3.63, 3.8) is 0 Å². The number of carbonyl (C=O) groups is 1. The number of esters is 1. The van der Waals surface area contributed by atoms with E-state index in [1.165, 1.54) is 0 Å². The van der Waals surface area contributed by atoms with Crippen LogP contribution in [-0.4, -0.2) is 35.6 Å². The molecule has 0 aliphatic carbocycles. The second-order valence-corrected chi connectivity index (χ2v) is 6.37. The van der Waals surface area contributed by atoms with Gasteiger partial charge in [0.25, 0.3) is 0 Å². The molecule has 0 heterocycles. The van der Waals surface area contributed by atoms with Crippen LogP contribution in [0, 0.1) is 0 Å². The van der Waals surface area contributed by atoms with Crippen molar-refractivity contribution < 1.29 is 31.3 Å². The number of ether oxygens (including phenoxy) is 1. The summed E-state index contributed by atoms with van der Waals surface area (Å²) in [6.07, 6.45) is 1.69. The van der Waals surface area contributed by atoms with E-state index in [2.05, 4.69) is 20.7 Å². The topological polar surface area (TPSA) is 83.5 Å². The van der Waals surface area contributed by atoms with Crippen molar-refractivity contribution in [1.82, 2.24) is 0 Å². The summed E-state index contributed by atoms with van der Waals surface area (Å²) < 4.78 is 59.4. The van der Waals surface area contributed by atoms with Gasteiger partial charge in [0.2, 0.25) is 0 Å². The molecule has 102 valence electrons. The van der Waals surface area contributed by atoms with Crippen molar-refractivity contribution in [3.8, 4) is 0 Å². The number of hydrogen-bond donors (Lipinski definition) is 0. The van der Waals surface area contributed by atoms with Gasteiger partial charge in [0, 0.05) is 4.83 Å². The van der Waals surface area contributed by atoms with E-state index < -0.39 is 21.3 Å². The molecule has 5 nitrogen and oxygen atoms in total. The lowest BCUT2D eigenvalue weighted by atomic mass is 10.2. The van der Waals surface area contributed by atoms with E-state index >= 15 is 0 Å². The SMILES string of the molecule is CC(Br)CCCCOC(=O)C(F)(F)S(=O)(=O)[O-]. The van der Waals surface area contributed by atoms with Crippen LogP contribution in [0.25, 0.3) is 0 Å². The first kappa shape index (κ1) is 16.7. The zero-order chi connectivity index (χ0) is 13.7. The number of hydrogen-bond acceptors (Lipinski definition) is 5. The first-order chi connectivity index (χ1) is 7.59. The van der Waals surface area contributed by atoms with Gasteiger partial charge in [0.05, 0.1) is 6.61 Å². The molecule has 0 bridgehead atoms. The number of halogens is 3. The fraction of sp³-hybridized carbons (Fsp3) is 0.875. The van der Waals surface area contributed by atoms with Crippen molar-refractivity contribution in [1.29, 1.82) is 0 Å². The highest BCUT2D eigenvalue weighted by Gasteiger charge is 2.48. The Bertz CT molecular complexity index is 355. The molecule has 0 radical (unpaired) electrons. The Morgan fingerprint density at radius 2 is 2.00 bits per heavy atom. The molecular formula is C8H12BrF2O5S-. The summed E-state index contributed by atoms with van der Waals surface area (Å²) in [4.78, 5) is 10.9. The average Bonchev–Trinajstić information content (AvgIpc) is 2.14. The van der Waals surface area contributed by atoms with E-state index in [0.717, 1.165) is 6.42 Å². The van der Waals surface area contributed by atoms with E-state index in [1.807, 2.05) is 6.92 Å². The Labute approximate surface area is 106 Å². The Hall–Kier alpha value is -0.280. The monoisotopic (exact) mass is 337 g/mol. The van der Waals surface area contributed by atoms with Crippen LogP contribution in [0.3, 0.4) is 0 Å². The number of carbonyl (C=O) groups excluding carboxylic acids is 1. The molecule has 0 aromatic heterocycles. The predicted octanol–water partition coefficient (Wildman–Crippen LogP) is 1.62. The maximum Gasteiger partial charge on any atom is 0.428 e. The van der Waals surface area contributed by atoms with Gasteiger partial charge in [-0.3, -0.25) is 0 Å². The van der Waals surface area contributed by atoms with Crippen molar-refractivity contribution in [2.75, 3.05) is 6.61 Å². The lowest BCUT2D eigenvalue weighted by Gasteiger charge is -2.17. The van der Waals surface area contributed by atoms with Crippen molar-refractivity contribution in [3.05, 3.63) is 0 Å². The standard InChI is InChI=1S/C8H13BrF2O5S/c1-6(9)4-2-3-5-16-7(12)8(10,11)17(13,14)15/h6H,2-5H2,1H3,(H,13,14,15)/p-1. The molecule has 0 rings (SSSR count). The molecule has 0 aromatic carbocycles. The van der Waals surface area contributed by atoms with Gasteiger partial charge in [-0.2, -0.15) is 8.78 Å².